The van der Waals surface area contributed by atoms with Crippen molar-refractivity contribution < 1.29 is 0 Å². The molecule has 0 amide bonds. The lowest BCUT2D eigenvalue weighted by molar-refractivity contribution is 0.485. The minimum atomic E-state index is 0.613. The Morgan fingerprint density at radius 3 is 2.56 bits per heavy atom. The Hall–Kier alpha value is -0.530. The summed E-state index contributed by atoms with van der Waals surface area (Å²) < 4.78 is 0. The van der Waals surface area contributed by atoms with Crippen molar-refractivity contribution in [1.82, 2.24) is 5.32 Å². The number of halogens is 1. The summed E-state index contributed by atoms with van der Waals surface area (Å²) in [5.74, 6) is 1.03. The molecule has 0 heterocycles. The Balaban J connectivity index is 1.82. The Labute approximate surface area is 103 Å². The summed E-state index contributed by atoms with van der Waals surface area (Å²) in [5, 5.41) is 4.24. The van der Waals surface area contributed by atoms with Crippen molar-refractivity contribution in [1.29, 1.82) is 0 Å². The fourth-order valence-electron chi connectivity index (χ4n) is 2.10. The summed E-state index contributed by atoms with van der Waals surface area (Å²) in [6, 6.07) is 8.82. The van der Waals surface area contributed by atoms with E-state index in [9.17, 15) is 0 Å². The van der Waals surface area contributed by atoms with Crippen LogP contribution < -0.4 is 5.32 Å². The van der Waals surface area contributed by atoms with Gasteiger partial charge in [0, 0.05) is 11.1 Å². The Morgan fingerprint density at radius 1 is 1.31 bits per heavy atom. The van der Waals surface area contributed by atoms with Gasteiger partial charge in [-0.3, -0.25) is 0 Å². The molecule has 16 heavy (non-hydrogen) atoms. The van der Waals surface area contributed by atoms with E-state index in [2.05, 4.69) is 24.5 Å². The molecule has 1 aromatic rings. The first-order chi connectivity index (χ1) is 7.78. The Kier molecular flexibility index (Phi) is 4.25. The topological polar surface area (TPSA) is 12.0 Å². The first-order valence-corrected chi connectivity index (χ1v) is 6.57. The van der Waals surface area contributed by atoms with Crippen LogP contribution in [-0.2, 0) is 6.42 Å². The van der Waals surface area contributed by atoms with Gasteiger partial charge in [0.05, 0.1) is 0 Å². The van der Waals surface area contributed by atoms with Crippen LogP contribution >= 0.6 is 11.6 Å². The van der Waals surface area contributed by atoms with Crippen molar-refractivity contribution in [3.63, 3.8) is 0 Å². The zero-order chi connectivity index (χ0) is 11.4. The fraction of sp³-hybridized carbons (Fsp3) is 0.571. The summed E-state index contributed by atoms with van der Waals surface area (Å²) in [6.07, 6.45) is 6.71. The highest BCUT2D eigenvalue weighted by Gasteiger charge is 2.22. The van der Waals surface area contributed by atoms with Crippen LogP contribution in [0.4, 0.5) is 0 Å². The third-order valence-electron chi connectivity index (χ3n) is 3.42. The molecule has 1 N–H and O–H groups in total. The smallest absolute Gasteiger partial charge is 0.0406 e. The minimum Gasteiger partial charge on any atom is -0.317 e. The highest BCUT2D eigenvalue weighted by molar-refractivity contribution is 6.30. The van der Waals surface area contributed by atoms with Crippen LogP contribution in [0.15, 0.2) is 24.3 Å². The molecule has 2 heteroatoms. The molecule has 1 aliphatic carbocycles. The largest absolute Gasteiger partial charge is 0.317 e. The van der Waals surface area contributed by atoms with Crippen LogP contribution in [-0.4, -0.2) is 13.1 Å². The van der Waals surface area contributed by atoms with E-state index in [1.807, 2.05) is 12.1 Å². The van der Waals surface area contributed by atoms with E-state index in [1.165, 1.54) is 31.2 Å². The molecule has 1 aromatic carbocycles. The van der Waals surface area contributed by atoms with Gasteiger partial charge in [-0.15, -0.1) is 0 Å². The number of likely N-dealkylation sites (N-methyl/N-ethyl adjacent to an activating group) is 1. The van der Waals surface area contributed by atoms with E-state index < -0.39 is 0 Å². The molecule has 1 saturated carbocycles. The van der Waals surface area contributed by atoms with E-state index in [1.54, 1.807) is 0 Å². The van der Waals surface area contributed by atoms with Crippen molar-refractivity contribution >= 4 is 11.6 Å². The van der Waals surface area contributed by atoms with Crippen molar-refractivity contribution in [2.75, 3.05) is 7.05 Å². The van der Waals surface area contributed by atoms with Crippen molar-refractivity contribution in [3.05, 3.63) is 34.9 Å². The maximum Gasteiger partial charge on any atom is 0.0406 e. The molecule has 0 aromatic heterocycles. The summed E-state index contributed by atoms with van der Waals surface area (Å²) in [7, 11) is 2.06. The van der Waals surface area contributed by atoms with Crippen LogP contribution in [0.5, 0.6) is 0 Å². The predicted octanol–water partition coefficient (Wildman–Crippen LogP) is 3.66. The number of rotatable bonds is 6. The number of benzene rings is 1. The number of hydrogen-bond donors (Lipinski definition) is 1. The minimum absolute atomic E-state index is 0.613. The van der Waals surface area contributed by atoms with Gasteiger partial charge in [-0.05, 0) is 49.9 Å². The molecule has 1 aliphatic rings. The maximum atomic E-state index is 5.88. The van der Waals surface area contributed by atoms with Gasteiger partial charge in [-0.2, -0.15) is 0 Å². The lowest BCUT2D eigenvalue weighted by Gasteiger charge is -2.16. The summed E-state index contributed by atoms with van der Waals surface area (Å²) >= 11 is 5.88. The highest BCUT2D eigenvalue weighted by Crippen LogP contribution is 2.34. The summed E-state index contributed by atoms with van der Waals surface area (Å²) in [5.41, 5.74) is 1.37. The number of hydrogen-bond acceptors (Lipinski definition) is 1. The van der Waals surface area contributed by atoms with Gasteiger partial charge in [0.15, 0.2) is 0 Å². The van der Waals surface area contributed by atoms with Crippen molar-refractivity contribution in [2.45, 2.75) is 38.1 Å². The van der Waals surface area contributed by atoms with Gasteiger partial charge in [0.1, 0.15) is 0 Å². The zero-order valence-electron chi connectivity index (χ0n) is 9.88. The second-order valence-corrected chi connectivity index (χ2v) is 5.27. The second-order valence-electron chi connectivity index (χ2n) is 4.84. The van der Waals surface area contributed by atoms with Gasteiger partial charge >= 0.3 is 0 Å². The lowest BCUT2D eigenvalue weighted by atomic mass is 10.0. The standard InChI is InChI=1S/C14H20ClN/c1-16-14(9-6-11-2-3-11)10-12-4-7-13(15)8-5-12/h4-5,7-8,11,14,16H,2-3,6,9-10H2,1H3. The first kappa shape index (κ1) is 11.9. The van der Waals surface area contributed by atoms with Crippen LogP contribution in [0.2, 0.25) is 5.02 Å². The first-order valence-electron chi connectivity index (χ1n) is 6.19. The fourth-order valence-corrected chi connectivity index (χ4v) is 2.22. The van der Waals surface area contributed by atoms with Gasteiger partial charge < -0.3 is 5.32 Å². The summed E-state index contributed by atoms with van der Waals surface area (Å²) in [6.45, 7) is 0. The molecule has 1 unspecified atom stereocenters. The molecule has 1 atom stereocenters. The molecular weight excluding hydrogens is 218 g/mol. The maximum absolute atomic E-state index is 5.88. The SMILES string of the molecule is CNC(CCC1CC1)Cc1ccc(Cl)cc1. The molecule has 0 spiro atoms. The van der Waals surface area contributed by atoms with Crippen molar-refractivity contribution in [3.8, 4) is 0 Å². The van der Waals surface area contributed by atoms with Crippen LogP contribution in [0.3, 0.4) is 0 Å². The van der Waals surface area contributed by atoms with Crippen LogP contribution in [0.25, 0.3) is 0 Å². The third kappa shape index (κ3) is 3.80. The monoisotopic (exact) mass is 237 g/mol. The number of nitrogens with one attached hydrogen (secondary N) is 1. The lowest BCUT2D eigenvalue weighted by Crippen LogP contribution is -2.27. The van der Waals surface area contributed by atoms with E-state index in [-0.39, 0.29) is 0 Å². The Morgan fingerprint density at radius 2 is 2.00 bits per heavy atom. The molecule has 0 radical (unpaired) electrons. The van der Waals surface area contributed by atoms with Gasteiger partial charge in [0.25, 0.3) is 0 Å². The molecule has 88 valence electrons. The Bertz CT molecular complexity index is 316. The molecule has 0 bridgehead atoms. The van der Waals surface area contributed by atoms with Crippen molar-refractivity contribution in [2.24, 2.45) is 5.92 Å². The summed E-state index contributed by atoms with van der Waals surface area (Å²) in [4.78, 5) is 0. The second kappa shape index (κ2) is 5.70. The van der Waals surface area contributed by atoms with Gasteiger partial charge in [0.2, 0.25) is 0 Å². The average Bonchev–Trinajstić information content (AvgIpc) is 3.11. The van der Waals surface area contributed by atoms with E-state index >= 15 is 0 Å². The quantitative estimate of drug-likeness (QED) is 0.796. The molecule has 0 aliphatic heterocycles. The van der Waals surface area contributed by atoms with E-state index in [0.29, 0.717) is 6.04 Å². The molecule has 1 nitrogen and oxygen atoms in total. The van der Waals surface area contributed by atoms with Gasteiger partial charge in [-0.1, -0.05) is 36.6 Å². The highest BCUT2D eigenvalue weighted by atomic mass is 35.5. The van der Waals surface area contributed by atoms with Crippen LogP contribution in [0, 0.1) is 5.92 Å². The zero-order valence-corrected chi connectivity index (χ0v) is 10.6. The molecule has 2 rings (SSSR count). The van der Waals surface area contributed by atoms with E-state index in [0.717, 1.165) is 17.4 Å². The normalized spacial score (nSPS) is 17.4. The predicted molar refractivity (Wildman–Crippen MR) is 70.0 cm³/mol. The molecule has 1 fully saturated rings. The van der Waals surface area contributed by atoms with E-state index in [4.69, 9.17) is 11.6 Å². The third-order valence-corrected chi connectivity index (χ3v) is 3.68. The molecular formula is C14H20ClN. The average molecular weight is 238 g/mol. The molecule has 0 saturated heterocycles. The van der Waals surface area contributed by atoms with Crippen LogP contribution in [0.1, 0.15) is 31.2 Å². The van der Waals surface area contributed by atoms with Gasteiger partial charge in [-0.25, -0.2) is 0 Å².